The van der Waals surface area contributed by atoms with Crippen LogP contribution in [0.4, 0.5) is 0 Å². The third-order valence-corrected chi connectivity index (χ3v) is 15.9. The fourth-order valence-electron chi connectivity index (χ4n) is 10.6. The van der Waals surface area contributed by atoms with Crippen molar-refractivity contribution in [2.75, 3.05) is 13.2 Å². The summed E-state index contributed by atoms with van der Waals surface area (Å²) in [6.45, 7) is 6.51. The standard InChI is InChI=1S/C76H136O6/c1-4-7-10-13-16-19-22-25-27-29-31-32-33-34-35-36-37-38-39-40-41-42-43-45-46-48-51-54-57-60-63-66-69-75(78)81-72-73(71-80-74(77)68-65-62-59-56-53-50-24-21-18-15-12-9-6-3)82-76(79)70-67-64-61-58-55-52-49-47-44-30-28-26-23-20-17-14-11-8-5-2/h9,12,17-18,20-21,26,28,44,47,50,53,73H,4-8,10-11,13-16,19,22-25,27,29-43,45-46,48-49,51-52,54-72H2,1-3H3/b12-9-,20-17-,21-18-,28-26-,47-44-,53-50-. The molecule has 0 aliphatic rings. The zero-order chi connectivity index (χ0) is 59.2. The molecule has 0 bridgehead atoms. The van der Waals surface area contributed by atoms with Gasteiger partial charge in [-0.1, -0.05) is 338 Å². The van der Waals surface area contributed by atoms with Crippen molar-refractivity contribution in [1.82, 2.24) is 0 Å². The molecule has 0 aromatic heterocycles. The van der Waals surface area contributed by atoms with Gasteiger partial charge in [0.2, 0.25) is 0 Å². The molecule has 0 amide bonds. The summed E-state index contributed by atoms with van der Waals surface area (Å²) in [6, 6.07) is 0. The second kappa shape index (κ2) is 70.3. The van der Waals surface area contributed by atoms with Gasteiger partial charge in [0.25, 0.3) is 0 Å². The van der Waals surface area contributed by atoms with E-state index in [0.29, 0.717) is 19.3 Å². The molecule has 82 heavy (non-hydrogen) atoms. The predicted molar refractivity (Wildman–Crippen MR) is 358 cm³/mol. The molecule has 6 heteroatoms. The molecule has 6 nitrogen and oxygen atoms in total. The minimum Gasteiger partial charge on any atom is -0.462 e. The molecule has 0 N–H and O–H groups in total. The molecule has 0 heterocycles. The summed E-state index contributed by atoms with van der Waals surface area (Å²) >= 11 is 0. The summed E-state index contributed by atoms with van der Waals surface area (Å²) in [4.78, 5) is 38.4. The molecule has 0 rings (SSSR count). The van der Waals surface area contributed by atoms with E-state index in [9.17, 15) is 14.4 Å². The maximum absolute atomic E-state index is 12.9. The lowest BCUT2D eigenvalue weighted by Gasteiger charge is -2.18. The number of rotatable bonds is 66. The smallest absolute Gasteiger partial charge is 0.306 e. The summed E-state index contributed by atoms with van der Waals surface area (Å²) in [6.07, 6.45) is 92.4. The van der Waals surface area contributed by atoms with E-state index in [1.54, 1.807) is 0 Å². The van der Waals surface area contributed by atoms with Gasteiger partial charge >= 0.3 is 17.9 Å². The lowest BCUT2D eigenvalue weighted by atomic mass is 10.0. The molecule has 0 fully saturated rings. The fraction of sp³-hybridized carbons (Fsp3) is 0.803. The lowest BCUT2D eigenvalue weighted by Crippen LogP contribution is -2.30. The Labute approximate surface area is 510 Å². The van der Waals surface area contributed by atoms with Crippen molar-refractivity contribution in [3.05, 3.63) is 72.9 Å². The maximum Gasteiger partial charge on any atom is 0.306 e. The summed E-state index contributed by atoms with van der Waals surface area (Å²) in [5, 5.41) is 0. The van der Waals surface area contributed by atoms with Crippen LogP contribution < -0.4 is 0 Å². The predicted octanol–water partition coefficient (Wildman–Crippen LogP) is 24.8. The average Bonchev–Trinajstić information content (AvgIpc) is 3.47. The third-order valence-electron chi connectivity index (χ3n) is 15.9. The number of unbranched alkanes of at least 4 members (excludes halogenated alkanes) is 43. The molecule has 0 aliphatic heterocycles. The summed E-state index contributed by atoms with van der Waals surface area (Å²) < 4.78 is 16.9. The zero-order valence-corrected chi connectivity index (χ0v) is 54.8. The fourth-order valence-corrected chi connectivity index (χ4v) is 10.6. The molecule has 0 aromatic carbocycles. The van der Waals surface area contributed by atoms with Gasteiger partial charge in [-0.15, -0.1) is 0 Å². The first kappa shape index (κ1) is 78.8. The maximum atomic E-state index is 12.9. The first-order valence-corrected chi connectivity index (χ1v) is 35.9. The van der Waals surface area contributed by atoms with Crippen molar-refractivity contribution in [2.45, 2.75) is 380 Å². The topological polar surface area (TPSA) is 78.9 Å². The summed E-state index contributed by atoms with van der Waals surface area (Å²) in [5.41, 5.74) is 0. The molecule has 0 saturated carbocycles. The molecule has 1 unspecified atom stereocenters. The van der Waals surface area contributed by atoms with Crippen LogP contribution in [-0.2, 0) is 28.6 Å². The van der Waals surface area contributed by atoms with Crippen LogP contribution in [-0.4, -0.2) is 37.2 Å². The molecule has 476 valence electrons. The quantitative estimate of drug-likeness (QED) is 0.0261. The number of carbonyl (C=O) groups is 3. The Kier molecular flexibility index (Phi) is 67.6. The highest BCUT2D eigenvalue weighted by Crippen LogP contribution is 2.18. The number of allylic oxidation sites excluding steroid dienone is 12. The summed E-state index contributed by atoms with van der Waals surface area (Å²) in [5.74, 6) is -0.913. The monoisotopic (exact) mass is 1150 g/mol. The highest BCUT2D eigenvalue weighted by molar-refractivity contribution is 5.71. The van der Waals surface area contributed by atoms with Crippen molar-refractivity contribution >= 4 is 17.9 Å². The highest BCUT2D eigenvalue weighted by atomic mass is 16.6. The number of carbonyl (C=O) groups excluding carboxylic acids is 3. The molecular formula is C76H136O6. The van der Waals surface area contributed by atoms with Gasteiger partial charge in [-0.25, -0.2) is 0 Å². The van der Waals surface area contributed by atoms with Crippen molar-refractivity contribution in [2.24, 2.45) is 0 Å². The van der Waals surface area contributed by atoms with Gasteiger partial charge in [0.05, 0.1) is 0 Å². The molecule has 0 aromatic rings. The third kappa shape index (κ3) is 67.6. The Bertz CT molecular complexity index is 1500. The van der Waals surface area contributed by atoms with Gasteiger partial charge in [-0.3, -0.25) is 14.4 Å². The summed E-state index contributed by atoms with van der Waals surface area (Å²) in [7, 11) is 0. The van der Waals surface area contributed by atoms with E-state index < -0.39 is 6.10 Å². The molecule has 0 spiro atoms. The largest absolute Gasteiger partial charge is 0.462 e. The molecule has 1 atom stereocenters. The molecule has 0 aliphatic carbocycles. The first-order chi connectivity index (χ1) is 40.5. The van der Waals surface area contributed by atoms with E-state index in [1.807, 2.05) is 0 Å². The number of hydrogen-bond donors (Lipinski definition) is 0. The Morgan fingerprint density at radius 2 is 0.476 bits per heavy atom. The number of esters is 3. The van der Waals surface area contributed by atoms with E-state index in [2.05, 4.69) is 93.7 Å². The minimum absolute atomic E-state index is 0.0876. The van der Waals surface area contributed by atoms with E-state index >= 15 is 0 Å². The number of ether oxygens (including phenoxy) is 3. The van der Waals surface area contributed by atoms with Crippen LogP contribution in [0.3, 0.4) is 0 Å². The van der Waals surface area contributed by atoms with Crippen LogP contribution in [0.5, 0.6) is 0 Å². The Morgan fingerprint density at radius 1 is 0.256 bits per heavy atom. The van der Waals surface area contributed by atoms with Gasteiger partial charge in [0.1, 0.15) is 13.2 Å². The minimum atomic E-state index is -0.795. The van der Waals surface area contributed by atoms with Gasteiger partial charge < -0.3 is 14.2 Å². The first-order valence-electron chi connectivity index (χ1n) is 35.9. The van der Waals surface area contributed by atoms with Gasteiger partial charge in [-0.05, 0) is 89.9 Å². The Balaban J connectivity index is 4.17. The van der Waals surface area contributed by atoms with Gasteiger partial charge in [-0.2, -0.15) is 0 Å². The van der Waals surface area contributed by atoms with Gasteiger partial charge in [0.15, 0.2) is 6.10 Å². The van der Waals surface area contributed by atoms with Crippen LogP contribution in [0.2, 0.25) is 0 Å². The number of hydrogen-bond acceptors (Lipinski definition) is 6. The average molecular weight is 1150 g/mol. The molecule has 0 saturated heterocycles. The molecule has 0 radical (unpaired) electrons. The van der Waals surface area contributed by atoms with E-state index in [4.69, 9.17) is 14.2 Å². The van der Waals surface area contributed by atoms with E-state index in [0.717, 1.165) is 109 Å². The van der Waals surface area contributed by atoms with E-state index in [1.165, 1.54) is 225 Å². The van der Waals surface area contributed by atoms with Crippen LogP contribution in [0, 0.1) is 0 Å². The zero-order valence-electron chi connectivity index (χ0n) is 54.8. The van der Waals surface area contributed by atoms with Crippen molar-refractivity contribution in [3.8, 4) is 0 Å². The van der Waals surface area contributed by atoms with Crippen LogP contribution in [0.1, 0.15) is 374 Å². The SMILES string of the molecule is CC/C=C\C/C=C\C/C=C\CCCCCC(=O)OCC(COC(=O)CCCCCCCCCCCCCCCCCCCCCCCCCCCCCCCCCC)OC(=O)CCCCCCCC/C=C\C/C=C\C/C=C\CCCCC. The van der Waals surface area contributed by atoms with Crippen LogP contribution in [0.25, 0.3) is 0 Å². The highest BCUT2D eigenvalue weighted by Gasteiger charge is 2.19. The van der Waals surface area contributed by atoms with Crippen molar-refractivity contribution in [3.63, 3.8) is 0 Å². The Hall–Kier alpha value is -3.15. The van der Waals surface area contributed by atoms with Crippen molar-refractivity contribution in [1.29, 1.82) is 0 Å². The van der Waals surface area contributed by atoms with Gasteiger partial charge in [0, 0.05) is 19.3 Å². The molecular weight excluding hydrogens is 1010 g/mol. The van der Waals surface area contributed by atoms with Crippen molar-refractivity contribution < 1.29 is 28.6 Å². The Morgan fingerprint density at radius 3 is 0.780 bits per heavy atom. The lowest BCUT2D eigenvalue weighted by molar-refractivity contribution is -0.167. The van der Waals surface area contributed by atoms with Crippen LogP contribution in [0.15, 0.2) is 72.9 Å². The second-order valence-electron chi connectivity index (χ2n) is 24.1. The van der Waals surface area contributed by atoms with E-state index in [-0.39, 0.29) is 31.1 Å². The van der Waals surface area contributed by atoms with Crippen LogP contribution >= 0.6 is 0 Å². The normalized spacial score (nSPS) is 12.5. The second-order valence-corrected chi connectivity index (χ2v) is 24.1.